The number of nitrogens with zero attached hydrogens (tertiary/aromatic N) is 4. The first-order valence-corrected chi connectivity index (χ1v) is 9.97. The summed E-state index contributed by atoms with van der Waals surface area (Å²) in [5.41, 5.74) is 4.29. The minimum Gasteiger partial charge on any atom is -0.325 e. The minimum atomic E-state index is -0.318. The van der Waals surface area contributed by atoms with Crippen molar-refractivity contribution in [3.8, 4) is 11.4 Å². The number of thioether (sulfide) groups is 1. The predicted octanol–water partition coefficient (Wildman–Crippen LogP) is 4.28. The lowest BCUT2D eigenvalue weighted by atomic mass is 10.1. The van der Waals surface area contributed by atoms with Crippen molar-refractivity contribution in [2.24, 2.45) is 0 Å². The van der Waals surface area contributed by atoms with Gasteiger partial charge in [-0.3, -0.25) is 4.79 Å². The van der Waals surface area contributed by atoms with Gasteiger partial charge in [0, 0.05) is 11.3 Å². The maximum absolute atomic E-state index is 13.2. The summed E-state index contributed by atoms with van der Waals surface area (Å²) < 4.78 is 14.8. The standard InChI is InChI=1S/C21H18FN5OS/c1-13-4-3-5-17(14(13)2)23-19(28)12-29-20-11-10-18-24-25-21(27(18)26-20)15-6-8-16(22)9-7-15/h3-11H,12H2,1-2H3,(H,23,28). The van der Waals surface area contributed by atoms with Crippen LogP contribution >= 0.6 is 11.8 Å². The monoisotopic (exact) mass is 407 g/mol. The SMILES string of the molecule is Cc1cccc(NC(=O)CSc2ccc3nnc(-c4ccc(F)cc4)n3n2)c1C. The van der Waals surface area contributed by atoms with Gasteiger partial charge in [0.25, 0.3) is 0 Å². The number of carbonyl (C=O) groups excluding carboxylic acids is 1. The molecule has 29 heavy (non-hydrogen) atoms. The normalized spacial score (nSPS) is 11.0. The molecule has 2 aromatic heterocycles. The van der Waals surface area contributed by atoms with Crippen molar-refractivity contribution in [3.63, 3.8) is 0 Å². The molecule has 0 aliphatic heterocycles. The second-order valence-electron chi connectivity index (χ2n) is 6.56. The summed E-state index contributed by atoms with van der Waals surface area (Å²) in [7, 11) is 0. The molecule has 146 valence electrons. The molecule has 0 fully saturated rings. The number of halogens is 1. The van der Waals surface area contributed by atoms with Crippen LogP contribution in [0.3, 0.4) is 0 Å². The van der Waals surface area contributed by atoms with Gasteiger partial charge in [-0.2, -0.15) is 9.61 Å². The third-order valence-electron chi connectivity index (χ3n) is 4.57. The molecule has 2 aromatic carbocycles. The maximum atomic E-state index is 13.2. The van der Waals surface area contributed by atoms with E-state index in [1.807, 2.05) is 32.0 Å². The number of amides is 1. The van der Waals surface area contributed by atoms with Crippen LogP contribution < -0.4 is 5.32 Å². The first-order valence-electron chi connectivity index (χ1n) is 8.98. The number of hydrogen-bond acceptors (Lipinski definition) is 5. The Balaban J connectivity index is 1.49. The Kier molecular flexibility index (Phi) is 5.26. The van der Waals surface area contributed by atoms with E-state index in [0.717, 1.165) is 16.8 Å². The van der Waals surface area contributed by atoms with Crippen LogP contribution in [0, 0.1) is 19.7 Å². The van der Waals surface area contributed by atoms with Gasteiger partial charge in [-0.05, 0) is 67.4 Å². The first-order chi connectivity index (χ1) is 14.0. The molecule has 0 radical (unpaired) electrons. The van der Waals surface area contributed by atoms with Gasteiger partial charge in [0.05, 0.1) is 5.75 Å². The summed E-state index contributed by atoms with van der Waals surface area (Å²) in [5, 5.41) is 16.4. The smallest absolute Gasteiger partial charge is 0.234 e. The molecule has 0 aliphatic carbocycles. The van der Waals surface area contributed by atoms with Crippen molar-refractivity contribution in [1.82, 2.24) is 19.8 Å². The molecule has 0 saturated carbocycles. The Hall–Kier alpha value is -3.26. The number of carbonyl (C=O) groups is 1. The molecule has 0 spiro atoms. The van der Waals surface area contributed by atoms with Gasteiger partial charge < -0.3 is 5.32 Å². The van der Waals surface area contributed by atoms with Gasteiger partial charge in [-0.1, -0.05) is 23.9 Å². The topological polar surface area (TPSA) is 72.2 Å². The van der Waals surface area contributed by atoms with Crippen LogP contribution in [0.25, 0.3) is 17.0 Å². The van der Waals surface area contributed by atoms with E-state index in [9.17, 15) is 9.18 Å². The van der Waals surface area contributed by atoms with Gasteiger partial charge in [0.2, 0.25) is 5.91 Å². The fourth-order valence-corrected chi connectivity index (χ4v) is 3.50. The first kappa shape index (κ1) is 19.1. The number of rotatable bonds is 5. The highest BCUT2D eigenvalue weighted by Gasteiger charge is 2.12. The molecule has 0 aliphatic rings. The highest BCUT2D eigenvalue weighted by Crippen LogP contribution is 2.22. The van der Waals surface area contributed by atoms with Crippen molar-refractivity contribution in [2.45, 2.75) is 18.9 Å². The van der Waals surface area contributed by atoms with Crippen molar-refractivity contribution >= 4 is 29.0 Å². The summed E-state index contributed by atoms with van der Waals surface area (Å²) >= 11 is 1.32. The van der Waals surface area contributed by atoms with Crippen LogP contribution in [-0.2, 0) is 4.79 Å². The van der Waals surface area contributed by atoms with Crippen LogP contribution in [0.4, 0.5) is 10.1 Å². The number of aromatic nitrogens is 4. The van der Waals surface area contributed by atoms with E-state index in [4.69, 9.17) is 0 Å². The largest absolute Gasteiger partial charge is 0.325 e. The molecule has 0 unspecified atom stereocenters. The lowest BCUT2D eigenvalue weighted by molar-refractivity contribution is -0.113. The van der Waals surface area contributed by atoms with Gasteiger partial charge in [0.1, 0.15) is 10.8 Å². The molecule has 4 rings (SSSR count). The molecule has 1 amide bonds. The maximum Gasteiger partial charge on any atom is 0.234 e. The Morgan fingerprint density at radius 3 is 2.66 bits per heavy atom. The summed E-state index contributed by atoms with van der Waals surface area (Å²) in [4.78, 5) is 12.4. The number of nitrogens with one attached hydrogen (secondary N) is 1. The predicted molar refractivity (Wildman–Crippen MR) is 111 cm³/mol. The molecule has 4 aromatic rings. The highest BCUT2D eigenvalue weighted by atomic mass is 32.2. The van der Waals surface area contributed by atoms with E-state index >= 15 is 0 Å². The van der Waals surface area contributed by atoms with E-state index in [0.29, 0.717) is 22.1 Å². The minimum absolute atomic E-state index is 0.104. The number of aryl methyl sites for hydroxylation is 1. The Morgan fingerprint density at radius 2 is 1.86 bits per heavy atom. The Labute approximate surface area is 171 Å². The zero-order valence-electron chi connectivity index (χ0n) is 15.9. The zero-order chi connectivity index (χ0) is 20.4. The molecule has 0 saturated heterocycles. The van der Waals surface area contributed by atoms with Crippen LogP contribution in [0.15, 0.2) is 59.6 Å². The van der Waals surface area contributed by atoms with Gasteiger partial charge >= 0.3 is 0 Å². The summed E-state index contributed by atoms with van der Waals surface area (Å²) in [5.74, 6) is 0.317. The van der Waals surface area contributed by atoms with E-state index in [-0.39, 0.29) is 17.5 Å². The van der Waals surface area contributed by atoms with Gasteiger partial charge in [-0.15, -0.1) is 10.2 Å². The van der Waals surface area contributed by atoms with Crippen LogP contribution in [-0.4, -0.2) is 31.5 Å². The van der Waals surface area contributed by atoms with E-state index in [1.54, 1.807) is 28.8 Å². The van der Waals surface area contributed by atoms with Crippen molar-refractivity contribution in [3.05, 3.63) is 71.5 Å². The molecular weight excluding hydrogens is 389 g/mol. The molecular formula is C21H18FN5OS. The lowest BCUT2D eigenvalue weighted by Gasteiger charge is -2.10. The molecule has 2 heterocycles. The number of benzene rings is 2. The molecule has 0 bridgehead atoms. The molecule has 8 heteroatoms. The zero-order valence-corrected chi connectivity index (χ0v) is 16.7. The van der Waals surface area contributed by atoms with E-state index < -0.39 is 0 Å². The lowest BCUT2D eigenvalue weighted by Crippen LogP contribution is -2.15. The van der Waals surface area contributed by atoms with Crippen molar-refractivity contribution < 1.29 is 9.18 Å². The Bertz CT molecular complexity index is 1190. The van der Waals surface area contributed by atoms with E-state index in [2.05, 4.69) is 20.6 Å². The Morgan fingerprint density at radius 1 is 1.07 bits per heavy atom. The quantitative estimate of drug-likeness (QED) is 0.500. The second kappa shape index (κ2) is 8.00. The van der Waals surface area contributed by atoms with Gasteiger partial charge in [-0.25, -0.2) is 4.39 Å². The molecule has 6 nitrogen and oxygen atoms in total. The summed E-state index contributed by atoms with van der Waals surface area (Å²) in [6.45, 7) is 3.99. The average molecular weight is 407 g/mol. The van der Waals surface area contributed by atoms with Crippen LogP contribution in [0.5, 0.6) is 0 Å². The van der Waals surface area contributed by atoms with Crippen molar-refractivity contribution in [2.75, 3.05) is 11.1 Å². The highest BCUT2D eigenvalue weighted by molar-refractivity contribution is 7.99. The number of fused-ring (bicyclic) bond motifs is 1. The second-order valence-corrected chi connectivity index (χ2v) is 7.55. The molecule has 0 atom stereocenters. The summed E-state index contributed by atoms with van der Waals surface area (Å²) in [6.07, 6.45) is 0. The van der Waals surface area contributed by atoms with Crippen LogP contribution in [0.1, 0.15) is 11.1 Å². The number of anilines is 1. The number of hydrogen-bond donors (Lipinski definition) is 1. The molecule has 1 N–H and O–H groups in total. The third-order valence-corrected chi connectivity index (χ3v) is 5.49. The average Bonchev–Trinajstić information content (AvgIpc) is 3.14. The van der Waals surface area contributed by atoms with E-state index in [1.165, 1.54) is 23.9 Å². The van der Waals surface area contributed by atoms with Crippen LogP contribution in [0.2, 0.25) is 0 Å². The summed E-state index contributed by atoms with van der Waals surface area (Å²) in [6, 6.07) is 15.4. The van der Waals surface area contributed by atoms with Crippen molar-refractivity contribution in [1.29, 1.82) is 0 Å². The fraction of sp³-hybridized carbons (Fsp3) is 0.143. The fourth-order valence-electron chi connectivity index (χ4n) is 2.84. The van der Waals surface area contributed by atoms with Gasteiger partial charge in [0.15, 0.2) is 11.5 Å². The third kappa shape index (κ3) is 4.12.